The highest BCUT2D eigenvalue weighted by Crippen LogP contribution is 2.08. The van der Waals surface area contributed by atoms with E-state index in [-0.39, 0.29) is 30.9 Å². The molecular weight excluding hydrogens is 328 g/mol. The molecule has 140 valence electrons. The predicted molar refractivity (Wildman–Crippen MR) is 93.7 cm³/mol. The molecule has 4 amide bonds. The molecule has 25 heavy (non-hydrogen) atoms. The standard InChI is InChI=1S/C14H26N8O3/c1-8(15)18-5-3-4-9(16)6-11(23)22(2)10-7-19-14(20-12(10)24)21-13(17)25/h9-10H,3-7,16H2,1-2H3,(H2,15,18)(H4,17,19,20,21,24,25)/t9-,10-/m0/s1. The smallest absolute Gasteiger partial charge is 0.318 e. The maximum atomic E-state index is 12.3. The van der Waals surface area contributed by atoms with Gasteiger partial charge in [-0.2, -0.15) is 0 Å². The number of amidine groups is 1. The van der Waals surface area contributed by atoms with Crippen molar-refractivity contribution in [2.75, 3.05) is 20.1 Å². The van der Waals surface area contributed by atoms with E-state index in [0.29, 0.717) is 18.8 Å². The third kappa shape index (κ3) is 7.16. The Balaban J connectivity index is 2.48. The Morgan fingerprint density at radius 2 is 2.16 bits per heavy atom. The van der Waals surface area contributed by atoms with E-state index in [1.54, 1.807) is 6.92 Å². The largest absolute Gasteiger partial charge is 0.388 e. The van der Waals surface area contributed by atoms with Crippen LogP contribution in [0.3, 0.4) is 0 Å². The number of hydrogen-bond donors (Lipinski definition) is 5. The minimum absolute atomic E-state index is 0.0259. The van der Waals surface area contributed by atoms with E-state index in [9.17, 15) is 14.4 Å². The minimum atomic E-state index is -0.831. The van der Waals surface area contributed by atoms with Gasteiger partial charge in [-0.3, -0.25) is 25.2 Å². The number of carbonyl (C=O) groups excluding carboxylic acids is 3. The zero-order valence-electron chi connectivity index (χ0n) is 14.5. The number of nitrogens with zero attached hydrogens (tertiary/aromatic N) is 3. The number of rotatable bonds is 7. The van der Waals surface area contributed by atoms with Gasteiger partial charge in [-0.1, -0.05) is 0 Å². The van der Waals surface area contributed by atoms with Crippen LogP contribution in [0.1, 0.15) is 26.2 Å². The molecule has 0 fully saturated rings. The molecule has 0 radical (unpaired) electrons. The van der Waals surface area contributed by atoms with Crippen molar-refractivity contribution in [2.24, 2.45) is 27.2 Å². The molecule has 2 atom stereocenters. The molecule has 1 rings (SSSR count). The van der Waals surface area contributed by atoms with Gasteiger partial charge in [-0.05, 0) is 19.8 Å². The molecule has 8 N–H and O–H groups in total. The molecular formula is C14H26N8O3. The first kappa shape index (κ1) is 20.4. The van der Waals surface area contributed by atoms with Crippen LogP contribution in [-0.4, -0.2) is 66.8 Å². The van der Waals surface area contributed by atoms with Crippen molar-refractivity contribution >= 4 is 29.6 Å². The van der Waals surface area contributed by atoms with Crippen LogP contribution >= 0.6 is 0 Å². The SMILES string of the molecule is CC(N)=NCCC[C@H](N)CC(=O)N(C)[C@H]1CN=C(NC(N)=O)NC1=O. The van der Waals surface area contributed by atoms with Crippen molar-refractivity contribution < 1.29 is 14.4 Å². The monoisotopic (exact) mass is 354 g/mol. The summed E-state index contributed by atoms with van der Waals surface area (Å²) in [7, 11) is 1.52. The summed E-state index contributed by atoms with van der Waals surface area (Å²) in [4.78, 5) is 44.4. The zero-order valence-corrected chi connectivity index (χ0v) is 14.5. The maximum absolute atomic E-state index is 12.3. The first-order chi connectivity index (χ1) is 11.7. The number of aliphatic imine (C=N–C) groups is 2. The highest BCUT2D eigenvalue weighted by molar-refractivity contribution is 6.07. The fourth-order valence-electron chi connectivity index (χ4n) is 2.24. The summed E-state index contributed by atoms with van der Waals surface area (Å²) in [6.07, 6.45) is 1.46. The topological polar surface area (TPSA) is 181 Å². The molecule has 0 aliphatic carbocycles. The summed E-state index contributed by atoms with van der Waals surface area (Å²) in [5, 5.41) is 4.57. The molecule has 0 aromatic carbocycles. The molecule has 0 unspecified atom stereocenters. The maximum Gasteiger partial charge on any atom is 0.318 e. The Kier molecular flexibility index (Phi) is 7.79. The van der Waals surface area contributed by atoms with Crippen molar-refractivity contribution in [1.82, 2.24) is 15.5 Å². The highest BCUT2D eigenvalue weighted by Gasteiger charge is 2.31. The zero-order chi connectivity index (χ0) is 19.0. The fourth-order valence-corrected chi connectivity index (χ4v) is 2.24. The number of urea groups is 1. The number of nitrogens with one attached hydrogen (secondary N) is 2. The molecule has 0 aromatic heterocycles. The molecule has 0 spiro atoms. The molecule has 0 saturated heterocycles. The van der Waals surface area contributed by atoms with Gasteiger partial charge in [0.15, 0.2) is 0 Å². The number of nitrogens with two attached hydrogens (primary N) is 3. The summed E-state index contributed by atoms with van der Waals surface area (Å²) in [5.41, 5.74) is 16.4. The Morgan fingerprint density at radius 3 is 2.72 bits per heavy atom. The molecule has 1 aliphatic heterocycles. The van der Waals surface area contributed by atoms with Gasteiger partial charge in [-0.15, -0.1) is 0 Å². The van der Waals surface area contributed by atoms with Gasteiger partial charge < -0.3 is 22.1 Å². The van der Waals surface area contributed by atoms with Crippen LogP contribution in [0.25, 0.3) is 0 Å². The molecule has 0 saturated carbocycles. The van der Waals surface area contributed by atoms with Crippen molar-refractivity contribution in [2.45, 2.75) is 38.3 Å². The van der Waals surface area contributed by atoms with Gasteiger partial charge in [0, 0.05) is 26.1 Å². The van der Waals surface area contributed by atoms with Gasteiger partial charge in [0.1, 0.15) is 6.04 Å². The van der Waals surface area contributed by atoms with E-state index in [1.165, 1.54) is 11.9 Å². The fraction of sp³-hybridized carbons (Fsp3) is 0.643. The van der Waals surface area contributed by atoms with Crippen molar-refractivity contribution in [3.05, 3.63) is 0 Å². The molecule has 0 aromatic rings. The number of primary amides is 1. The first-order valence-electron chi connectivity index (χ1n) is 7.90. The van der Waals surface area contributed by atoms with E-state index in [0.717, 1.165) is 6.42 Å². The lowest BCUT2D eigenvalue weighted by atomic mass is 10.1. The molecule has 1 heterocycles. The summed E-state index contributed by atoms with van der Waals surface area (Å²) in [6, 6.07) is -1.92. The third-order valence-corrected chi connectivity index (χ3v) is 3.60. The Bertz CT molecular complexity index is 570. The first-order valence-corrected chi connectivity index (χ1v) is 7.90. The summed E-state index contributed by atoms with van der Waals surface area (Å²) in [5.74, 6) is -0.218. The lowest BCUT2D eigenvalue weighted by Crippen LogP contribution is -2.58. The van der Waals surface area contributed by atoms with Crippen LogP contribution in [0, 0.1) is 0 Å². The van der Waals surface area contributed by atoms with E-state index in [1.807, 2.05) is 0 Å². The van der Waals surface area contributed by atoms with Crippen LogP contribution in [0.5, 0.6) is 0 Å². The number of likely N-dealkylation sites (N-methyl/N-ethyl adjacent to an activating group) is 1. The molecule has 1 aliphatic rings. The van der Waals surface area contributed by atoms with Crippen LogP contribution in [0.4, 0.5) is 4.79 Å². The molecule has 0 bridgehead atoms. The normalized spacial score (nSPS) is 18.8. The Morgan fingerprint density at radius 1 is 1.48 bits per heavy atom. The quantitative estimate of drug-likeness (QED) is 0.198. The number of amides is 4. The van der Waals surface area contributed by atoms with Crippen LogP contribution in [0.15, 0.2) is 9.98 Å². The lowest BCUT2D eigenvalue weighted by molar-refractivity contribution is -0.138. The summed E-state index contributed by atoms with van der Waals surface area (Å²) >= 11 is 0. The van der Waals surface area contributed by atoms with E-state index in [2.05, 4.69) is 20.6 Å². The van der Waals surface area contributed by atoms with Crippen molar-refractivity contribution in [3.8, 4) is 0 Å². The van der Waals surface area contributed by atoms with Gasteiger partial charge in [0.25, 0.3) is 5.91 Å². The number of carbonyl (C=O) groups is 3. The molecule has 11 heteroatoms. The van der Waals surface area contributed by atoms with Crippen LogP contribution < -0.4 is 27.8 Å². The van der Waals surface area contributed by atoms with Gasteiger partial charge >= 0.3 is 6.03 Å². The lowest BCUT2D eigenvalue weighted by Gasteiger charge is -2.30. The number of hydrogen-bond acceptors (Lipinski definition) is 6. The highest BCUT2D eigenvalue weighted by atomic mass is 16.2. The van der Waals surface area contributed by atoms with Gasteiger partial charge in [0.05, 0.1) is 12.4 Å². The average Bonchev–Trinajstić information content (AvgIpc) is 2.50. The van der Waals surface area contributed by atoms with Crippen molar-refractivity contribution in [1.29, 1.82) is 0 Å². The number of guanidine groups is 1. The second-order valence-corrected chi connectivity index (χ2v) is 5.82. The third-order valence-electron chi connectivity index (χ3n) is 3.60. The van der Waals surface area contributed by atoms with Gasteiger partial charge in [0.2, 0.25) is 11.9 Å². The second-order valence-electron chi connectivity index (χ2n) is 5.82. The van der Waals surface area contributed by atoms with E-state index >= 15 is 0 Å². The average molecular weight is 354 g/mol. The van der Waals surface area contributed by atoms with Gasteiger partial charge in [-0.25, -0.2) is 9.79 Å². The molecule has 11 nitrogen and oxygen atoms in total. The van der Waals surface area contributed by atoms with Crippen LogP contribution in [-0.2, 0) is 9.59 Å². The summed E-state index contributed by atoms with van der Waals surface area (Å²) < 4.78 is 0. The van der Waals surface area contributed by atoms with E-state index < -0.39 is 18.0 Å². The Hall–Kier alpha value is -2.69. The summed E-state index contributed by atoms with van der Waals surface area (Å²) in [6.45, 7) is 2.30. The predicted octanol–water partition coefficient (Wildman–Crippen LogP) is -2.16. The van der Waals surface area contributed by atoms with Crippen LogP contribution in [0.2, 0.25) is 0 Å². The Labute approximate surface area is 146 Å². The minimum Gasteiger partial charge on any atom is -0.388 e. The van der Waals surface area contributed by atoms with E-state index in [4.69, 9.17) is 17.2 Å². The van der Waals surface area contributed by atoms with Crippen molar-refractivity contribution in [3.63, 3.8) is 0 Å². The second kappa shape index (κ2) is 9.57.